The second kappa shape index (κ2) is 12.9. The lowest BCUT2D eigenvalue weighted by molar-refractivity contribution is -0.118. The third-order valence-corrected chi connectivity index (χ3v) is 6.34. The van der Waals surface area contributed by atoms with Gasteiger partial charge in [0.25, 0.3) is 0 Å². The minimum Gasteiger partial charge on any atom is -0.497 e. The topological polar surface area (TPSA) is 99.9 Å². The van der Waals surface area contributed by atoms with Crippen LogP contribution in [0.25, 0.3) is 11.5 Å². The Morgan fingerprint density at radius 3 is 2.46 bits per heavy atom. The van der Waals surface area contributed by atoms with Crippen molar-refractivity contribution in [2.75, 3.05) is 32.6 Å². The number of carbonyl (C=O) groups is 1. The average molecular weight is 501 g/mol. The summed E-state index contributed by atoms with van der Waals surface area (Å²) in [6, 6.07) is 13.1. The normalized spacial score (nSPS) is 11.7. The van der Waals surface area contributed by atoms with E-state index in [1.165, 1.54) is 0 Å². The average Bonchev–Trinajstić information content (AvgIpc) is 3.20. The first-order valence-corrected chi connectivity index (χ1v) is 13.0. The van der Waals surface area contributed by atoms with Crippen LogP contribution >= 0.6 is 0 Å². The van der Waals surface area contributed by atoms with E-state index in [2.05, 4.69) is 10.3 Å². The monoisotopic (exact) mass is 500 g/mol. The highest BCUT2D eigenvalue weighted by Gasteiger charge is 2.16. The van der Waals surface area contributed by atoms with Gasteiger partial charge in [0.2, 0.25) is 11.8 Å². The zero-order chi connectivity index (χ0) is 25.2. The molecule has 9 heteroatoms. The Balaban J connectivity index is 1.49. The lowest BCUT2D eigenvalue weighted by Crippen LogP contribution is -2.30. The van der Waals surface area contributed by atoms with Crippen molar-refractivity contribution in [1.82, 2.24) is 10.3 Å². The zero-order valence-corrected chi connectivity index (χ0v) is 21.4. The Morgan fingerprint density at radius 2 is 1.77 bits per heavy atom. The Morgan fingerprint density at radius 1 is 1.06 bits per heavy atom. The van der Waals surface area contributed by atoms with E-state index in [4.69, 9.17) is 18.6 Å². The number of hydrogen-bond donors (Lipinski definition) is 1. The van der Waals surface area contributed by atoms with Crippen LogP contribution in [0.4, 0.5) is 0 Å². The van der Waals surface area contributed by atoms with Crippen LogP contribution in [-0.4, -0.2) is 47.7 Å². The molecule has 0 unspecified atom stereocenters. The number of benzene rings is 2. The predicted octanol–water partition coefficient (Wildman–Crippen LogP) is 4.06. The molecule has 0 saturated heterocycles. The number of oxazole rings is 1. The highest BCUT2D eigenvalue weighted by molar-refractivity contribution is 7.84. The maximum Gasteiger partial charge on any atom is 0.232 e. The summed E-state index contributed by atoms with van der Waals surface area (Å²) in [5.74, 6) is 2.95. The van der Waals surface area contributed by atoms with Gasteiger partial charge in [-0.3, -0.25) is 9.00 Å². The highest BCUT2D eigenvalue weighted by Crippen LogP contribution is 2.28. The van der Waals surface area contributed by atoms with Crippen molar-refractivity contribution in [2.45, 2.75) is 32.9 Å². The fourth-order valence-corrected chi connectivity index (χ4v) is 4.49. The van der Waals surface area contributed by atoms with Crippen molar-refractivity contribution in [3.63, 3.8) is 0 Å². The molecule has 1 heterocycles. The molecule has 0 radical (unpaired) electrons. The summed E-state index contributed by atoms with van der Waals surface area (Å²) in [5, 5.41) is 2.84. The van der Waals surface area contributed by atoms with Crippen LogP contribution in [0.15, 0.2) is 46.9 Å². The third-order valence-electron chi connectivity index (χ3n) is 5.16. The summed E-state index contributed by atoms with van der Waals surface area (Å²) in [5.41, 5.74) is 2.40. The van der Waals surface area contributed by atoms with Gasteiger partial charge in [0.15, 0.2) is 11.5 Å². The summed E-state index contributed by atoms with van der Waals surface area (Å²) in [6.07, 6.45) is 0.623. The molecule has 1 amide bonds. The summed E-state index contributed by atoms with van der Waals surface area (Å²) < 4.78 is 34.7. The molecular formula is C26H32N2O6S. The van der Waals surface area contributed by atoms with Crippen LogP contribution in [0.1, 0.15) is 30.9 Å². The van der Waals surface area contributed by atoms with Gasteiger partial charge in [0.05, 0.1) is 31.8 Å². The Bertz CT molecular complexity index is 1140. The van der Waals surface area contributed by atoms with E-state index in [0.29, 0.717) is 55.0 Å². The summed E-state index contributed by atoms with van der Waals surface area (Å²) in [6.45, 7) is 7.15. The fourth-order valence-electron chi connectivity index (χ4n) is 3.42. The molecule has 0 fully saturated rings. The molecular weight excluding hydrogens is 468 g/mol. The molecule has 3 rings (SSSR count). The molecule has 0 aliphatic rings. The van der Waals surface area contributed by atoms with Crippen LogP contribution < -0.4 is 19.5 Å². The van der Waals surface area contributed by atoms with Gasteiger partial charge in [0, 0.05) is 22.9 Å². The van der Waals surface area contributed by atoms with Crippen LogP contribution in [0.5, 0.6) is 17.2 Å². The number of nitrogens with one attached hydrogen (secondary N) is 1. The van der Waals surface area contributed by atoms with Crippen molar-refractivity contribution in [1.29, 1.82) is 0 Å². The van der Waals surface area contributed by atoms with E-state index in [-0.39, 0.29) is 17.4 Å². The summed E-state index contributed by atoms with van der Waals surface area (Å²) in [4.78, 5) is 16.8. The quantitative estimate of drug-likeness (QED) is 0.378. The van der Waals surface area contributed by atoms with Crippen molar-refractivity contribution < 1.29 is 27.6 Å². The van der Waals surface area contributed by atoms with Gasteiger partial charge in [-0.1, -0.05) is 6.07 Å². The first kappa shape index (κ1) is 26.3. The second-order valence-electron chi connectivity index (χ2n) is 7.73. The molecule has 1 atom stereocenters. The van der Waals surface area contributed by atoms with Gasteiger partial charge < -0.3 is 23.9 Å². The predicted molar refractivity (Wildman–Crippen MR) is 135 cm³/mol. The Labute approximate surface area is 208 Å². The number of ether oxygens (including phenoxy) is 3. The number of carbonyl (C=O) groups excluding carboxylic acids is 1. The molecule has 1 N–H and O–H groups in total. The Kier molecular flexibility index (Phi) is 9.72. The molecule has 35 heavy (non-hydrogen) atoms. The van der Waals surface area contributed by atoms with Crippen LogP contribution in [-0.2, 0) is 27.8 Å². The molecule has 0 saturated carbocycles. The van der Waals surface area contributed by atoms with Gasteiger partial charge in [-0.15, -0.1) is 0 Å². The number of aryl methyl sites for hydroxylation is 1. The van der Waals surface area contributed by atoms with Gasteiger partial charge in [-0.05, 0) is 69.2 Å². The van der Waals surface area contributed by atoms with Gasteiger partial charge in [-0.25, -0.2) is 4.98 Å². The van der Waals surface area contributed by atoms with E-state index in [9.17, 15) is 9.00 Å². The molecule has 8 nitrogen and oxygen atoms in total. The van der Waals surface area contributed by atoms with Crippen molar-refractivity contribution in [3.8, 4) is 28.7 Å². The van der Waals surface area contributed by atoms with E-state index >= 15 is 0 Å². The number of hydrogen-bond acceptors (Lipinski definition) is 7. The Hall–Kier alpha value is -3.33. The lowest BCUT2D eigenvalue weighted by Gasteiger charge is -2.12. The summed E-state index contributed by atoms with van der Waals surface area (Å²) >= 11 is 0. The number of aromatic nitrogens is 1. The van der Waals surface area contributed by atoms with Gasteiger partial charge >= 0.3 is 0 Å². The standard InChI is InChI=1S/C26H32N2O6S/c1-5-32-23-12-7-19(15-24(23)33-6-2)13-14-27-25(29)17-35(30)16-22-18(3)34-26(28-22)20-8-10-21(31-4)11-9-20/h7-12,15H,5-6,13-14,16-17H2,1-4H3,(H,27,29)/t35-/m0/s1. The number of methoxy groups -OCH3 is 1. The van der Waals surface area contributed by atoms with Crippen molar-refractivity contribution >= 4 is 16.7 Å². The SMILES string of the molecule is CCOc1ccc(CCNC(=O)C[S@@](=O)Cc2nc(-c3ccc(OC)cc3)oc2C)cc1OCC. The molecule has 188 valence electrons. The number of nitrogens with zero attached hydrogens (tertiary/aromatic N) is 1. The van der Waals surface area contributed by atoms with Crippen LogP contribution in [0.2, 0.25) is 0 Å². The number of amides is 1. The zero-order valence-electron chi connectivity index (χ0n) is 20.6. The third kappa shape index (κ3) is 7.58. The van der Waals surface area contributed by atoms with Crippen molar-refractivity contribution in [3.05, 3.63) is 59.5 Å². The molecule has 3 aromatic rings. The maximum absolute atomic E-state index is 12.6. The van der Waals surface area contributed by atoms with Gasteiger partial charge in [-0.2, -0.15) is 0 Å². The molecule has 0 spiro atoms. The van der Waals surface area contributed by atoms with E-state index in [1.54, 1.807) is 14.0 Å². The minimum absolute atomic E-state index is 0.0996. The fraction of sp³-hybridized carbons (Fsp3) is 0.385. The first-order chi connectivity index (χ1) is 16.9. The van der Waals surface area contributed by atoms with E-state index in [1.807, 2.05) is 56.3 Å². The smallest absolute Gasteiger partial charge is 0.232 e. The van der Waals surface area contributed by atoms with Crippen LogP contribution in [0.3, 0.4) is 0 Å². The highest BCUT2D eigenvalue weighted by atomic mass is 32.2. The minimum atomic E-state index is -1.41. The lowest BCUT2D eigenvalue weighted by atomic mass is 10.1. The van der Waals surface area contributed by atoms with Crippen molar-refractivity contribution in [2.24, 2.45) is 0 Å². The van der Waals surface area contributed by atoms with E-state index < -0.39 is 10.8 Å². The van der Waals surface area contributed by atoms with Gasteiger partial charge in [0.1, 0.15) is 17.3 Å². The number of rotatable bonds is 13. The largest absolute Gasteiger partial charge is 0.497 e. The molecule has 0 bridgehead atoms. The maximum atomic E-state index is 12.6. The first-order valence-electron chi connectivity index (χ1n) is 11.5. The second-order valence-corrected chi connectivity index (χ2v) is 9.18. The molecule has 0 aliphatic carbocycles. The molecule has 1 aromatic heterocycles. The summed E-state index contributed by atoms with van der Waals surface area (Å²) in [7, 11) is 0.193. The molecule has 2 aromatic carbocycles. The van der Waals surface area contributed by atoms with Crippen LogP contribution in [0, 0.1) is 6.92 Å². The molecule has 0 aliphatic heterocycles. The van der Waals surface area contributed by atoms with E-state index in [0.717, 1.165) is 16.9 Å².